The van der Waals surface area contributed by atoms with Gasteiger partial charge in [0.1, 0.15) is 16.4 Å². The smallest absolute Gasteiger partial charge is 0.334 e. The molecule has 0 unspecified atom stereocenters. The molecule has 5 rings (SSSR count). The number of aromatic nitrogens is 4. The lowest BCUT2D eigenvalue weighted by Crippen LogP contribution is -2.33. The molecule has 0 fully saturated rings. The maximum Gasteiger partial charge on any atom is 0.334 e. The van der Waals surface area contributed by atoms with E-state index in [4.69, 9.17) is 4.74 Å². The molecule has 0 aliphatic heterocycles. The van der Waals surface area contributed by atoms with Gasteiger partial charge >= 0.3 is 5.69 Å². The maximum absolute atomic E-state index is 13.4. The van der Waals surface area contributed by atoms with E-state index in [0.717, 1.165) is 32.0 Å². The molecule has 3 aromatic heterocycles. The molecule has 0 saturated carbocycles. The number of aryl methyl sites for hydroxylation is 2. The molecule has 0 atom stereocenters. The molecule has 5 aromatic rings. The standard InChI is InChI=1S/C25H21FN4O3S/c1-4-18-21-23(28-25(32)30(24(21)31)17-8-6-16(26)7-9-17)34-22(18)15-5-10-19(20(11-15)33-3)29-12-14(2)27-13-29/h5-13H,4H2,1-3H3,(H,28,32). The minimum atomic E-state index is -0.567. The molecule has 0 aliphatic carbocycles. The number of aromatic amines is 1. The van der Waals surface area contributed by atoms with Gasteiger partial charge in [-0.05, 0) is 60.9 Å². The zero-order chi connectivity index (χ0) is 24.0. The zero-order valence-electron chi connectivity index (χ0n) is 18.8. The van der Waals surface area contributed by atoms with E-state index in [1.807, 2.05) is 42.8 Å². The molecule has 0 amide bonds. The number of ether oxygens (including phenoxy) is 1. The summed E-state index contributed by atoms with van der Waals surface area (Å²) in [6, 6.07) is 11.1. The fourth-order valence-electron chi connectivity index (χ4n) is 4.12. The Morgan fingerprint density at radius 3 is 2.56 bits per heavy atom. The molecule has 1 N–H and O–H groups in total. The summed E-state index contributed by atoms with van der Waals surface area (Å²) in [6.45, 7) is 3.89. The van der Waals surface area contributed by atoms with Crippen LogP contribution < -0.4 is 16.0 Å². The number of nitrogens with one attached hydrogen (secondary N) is 1. The molecule has 0 radical (unpaired) electrons. The third-order valence-electron chi connectivity index (χ3n) is 5.72. The van der Waals surface area contributed by atoms with Crippen molar-refractivity contribution in [2.75, 3.05) is 7.11 Å². The van der Waals surface area contributed by atoms with Crippen LogP contribution in [0.4, 0.5) is 4.39 Å². The highest BCUT2D eigenvalue weighted by Gasteiger charge is 2.20. The topological polar surface area (TPSA) is 81.9 Å². The SMILES string of the molecule is CCc1c(-c2ccc(-n3cnc(C)c3)c(OC)c2)sc2[nH]c(=O)n(-c3ccc(F)cc3)c(=O)c12. The summed E-state index contributed by atoms with van der Waals surface area (Å²) >= 11 is 1.36. The molecule has 172 valence electrons. The van der Waals surface area contributed by atoms with Crippen LogP contribution in [-0.4, -0.2) is 26.2 Å². The lowest BCUT2D eigenvalue weighted by molar-refractivity contribution is 0.413. The number of H-pyrrole nitrogens is 1. The van der Waals surface area contributed by atoms with E-state index < -0.39 is 17.1 Å². The Hall–Kier alpha value is -3.98. The van der Waals surface area contributed by atoms with Gasteiger partial charge in [0.05, 0.1) is 35.9 Å². The highest BCUT2D eigenvalue weighted by atomic mass is 32.1. The lowest BCUT2D eigenvalue weighted by Gasteiger charge is -2.11. The monoisotopic (exact) mass is 476 g/mol. The van der Waals surface area contributed by atoms with E-state index >= 15 is 0 Å². The molecule has 3 heterocycles. The van der Waals surface area contributed by atoms with Gasteiger partial charge in [-0.25, -0.2) is 18.7 Å². The van der Waals surface area contributed by atoms with Gasteiger partial charge in [0, 0.05) is 11.1 Å². The first-order valence-electron chi connectivity index (χ1n) is 10.7. The van der Waals surface area contributed by atoms with Crippen molar-refractivity contribution in [3.63, 3.8) is 0 Å². The first kappa shape index (κ1) is 21.8. The van der Waals surface area contributed by atoms with Crippen molar-refractivity contribution in [2.45, 2.75) is 20.3 Å². The molecule has 0 saturated heterocycles. The molecule has 7 nitrogen and oxygen atoms in total. The van der Waals surface area contributed by atoms with E-state index in [1.165, 1.54) is 35.6 Å². The van der Waals surface area contributed by atoms with Gasteiger partial charge in [0.15, 0.2) is 0 Å². The number of thiophene rings is 1. The summed E-state index contributed by atoms with van der Waals surface area (Å²) in [6.07, 6.45) is 4.23. The minimum absolute atomic E-state index is 0.311. The van der Waals surface area contributed by atoms with Crippen molar-refractivity contribution < 1.29 is 9.13 Å². The Bertz CT molecular complexity index is 1640. The first-order valence-corrected chi connectivity index (χ1v) is 11.5. The molecular weight excluding hydrogens is 455 g/mol. The lowest BCUT2D eigenvalue weighted by atomic mass is 10.0. The third-order valence-corrected chi connectivity index (χ3v) is 6.91. The average molecular weight is 477 g/mol. The van der Waals surface area contributed by atoms with Crippen LogP contribution in [0.3, 0.4) is 0 Å². The molecule has 0 aliphatic rings. The number of hydrogen-bond donors (Lipinski definition) is 1. The highest BCUT2D eigenvalue weighted by Crippen LogP contribution is 2.39. The van der Waals surface area contributed by atoms with Gasteiger partial charge in [-0.15, -0.1) is 11.3 Å². The van der Waals surface area contributed by atoms with Crippen LogP contribution in [0.25, 0.3) is 32.0 Å². The van der Waals surface area contributed by atoms with Gasteiger partial charge in [0.25, 0.3) is 5.56 Å². The molecule has 34 heavy (non-hydrogen) atoms. The second-order valence-electron chi connectivity index (χ2n) is 7.82. The van der Waals surface area contributed by atoms with E-state index in [2.05, 4.69) is 9.97 Å². The van der Waals surface area contributed by atoms with Crippen LogP contribution in [0.15, 0.2) is 64.6 Å². The Balaban J connectivity index is 1.71. The largest absolute Gasteiger partial charge is 0.495 e. The number of methoxy groups -OCH3 is 1. The van der Waals surface area contributed by atoms with Gasteiger partial charge in [-0.3, -0.25) is 9.78 Å². The normalized spacial score (nSPS) is 11.3. The summed E-state index contributed by atoms with van der Waals surface area (Å²) in [7, 11) is 1.61. The van der Waals surface area contributed by atoms with Gasteiger partial charge in [0.2, 0.25) is 0 Å². The molecule has 2 aromatic carbocycles. The Kier molecular flexibility index (Phi) is 5.41. The summed E-state index contributed by atoms with van der Waals surface area (Å²) < 4.78 is 22.0. The van der Waals surface area contributed by atoms with E-state index in [9.17, 15) is 14.0 Å². The van der Waals surface area contributed by atoms with Crippen molar-refractivity contribution in [3.8, 4) is 27.6 Å². The number of fused-ring (bicyclic) bond motifs is 1. The average Bonchev–Trinajstić information content (AvgIpc) is 3.43. The van der Waals surface area contributed by atoms with Gasteiger partial charge in [-0.1, -0.05) is 13.0 Å². The second kappa shape index (κ2) is 8.42. The fraction of sp³-hybridized carbons (Fsp3) is 0.160. The van der Waals surface area contributed by atoms with Crippen LogP contribution in [-0.2, 0) is 6.42 Å². The number of benzene rings is 2. The van der Waals surface area contributed by atoms with Crippen LogP contribution in [0, 0.1) is 12.7 Å². The number of rotatable bonds is 5. The van der Waals surface area contributed by atoms with Gasteiger partial charge in [-0.2, -0.15) is 0 Å². The van der Waals surface area contributed by atoms with Crippen LogP contribution in [0.1, 0.15) is 18.2 Å². The minimum Gasteiger partial charge on any atom is -0.495 e. The Morgan fingerprint density at radius 2 is 1.91 bits per heavy atom. The van der Waals surface area contributed by atoms with Crippen molar-refractivity contribution in [1.82, 2.24) is 19.1 Å². The molecule has 0 bridgehead atoms. The number of nitrogens with zero attached hydrogens (tertiary/aromatic N) is 3. The van der Waals surface area contributed by atoms with E-state index in [0.29, 0.717) is 28.1 Å². The highest BCUT2D eigenvalue weighted by molar-refractivity contribution is 7.22. The van der Waals surface area contributed by atoms with Crippen molar-refractivity contribution in [2.24, 2.45) is 0 Å². The maximum atomic E-state index is 13.4. The van der Waals surface area contributed by atoms with E-state index in [1.54, 1.807) is 13.4 Å². The predicted octanol–water partition coefficient (Wildman–Crippen LogP) is 4.61. The van der Waals surface area contributed by atoms with Crippen molar-refractivity contribution >= 4 is 21.6 Å². The van der Waals surface area contributed by atoms with Crippen LogP contribution in [0.2, 0.25) is 0 Å². The molecular formula is C25H21FN4O3S. The third kappa shape index (κ3) is 3.54. The molecule has 9 heteroatoms. The number of hydrogen-bond acceptors (Lipinski definition) is 5. The quantitative estimate of drug-likeness (QED) is 0.402. The van der Waals surface area contributed by atoms with E-state index in [-0.39, 0.29) is 0 Å². The zero-order valence-corrected chi connectivity index (χ0v) is 19.6. The summed E-state index contributed by atoms with van der Waals surface area (Å²) in [5.74, 6) is 0.219. The molecule has 0 spiro atoms. The summed E-state index contributed by atoms with van der Waals surface area (Å²) in [4.78, 5) is 34.7. The predicted molar refractivity (Wildman–Crippen MR) is 131 cm³/mol. The first-order chi connectivity index (χ1) is 16.4. The second-order valence-corrected chi connectivity index (χ2v) is 8.84. The number of imidazole rings is 1. The van der Waals surface area contributed by atoms with Crippen LogP contribution in [0.5, 0.6) is 5.75 Å². The van der Waals surface area contributed by atoms with Crippen molar-refractivity contribution in [3.05, 3.63) is 92.9 Å². The summed E-state index contributed by atoms with van der Waals surface area (Å²) in [5, 5.41) is 0.458. The van der Waals surface area contributed by atoms with Gasteiger partial charge < -0.3 is 9.30 Å². The van der Waals surface area contributed by atoms with Crippen LogP contribution >= 0.6 is 11.3 Å². The fourth-order valence-corrected chi connectivity index (χ4v) is 5.39. The Labute approximate surface area is 197 Å². The number of halogens is 1. The van der Waals surface area contributed by atoms with Crippen molar-refractivity contribution in [1.29, 1.82) is 0 Å². The summed E-state index contributed by atoms with van der Waals surface area (Å²) in [5.41, 5.74) is 2.77. The Morgan fingerprint density at radius 1 is 1.15 bits per heavy atom.